The number of aliphatic hydroxyl groups excluding tert-OH is 1. The smallest absolute Gasteiger partial charge is 0.0885 e. The minimum Gasteiger partial charge on any atom is -0.392 e. The van der Waals surface area contributed by atoms with Crippen molar-refractivity contribution in [2.24, 2.45) is 0 Å². The maximum atomic E-state index is 12.2. The van der Waals surface area contributed by atoms with E-state index in [0.29, 0.717) is 18.3 Å². The predicted octanol–water partition coefficient (Wildman–Crippen LogP) is 2.38. The normalized spacial score (nSPS) is 11.8. The average molecular weight is 180 g/mol. The second kappa shape index (κ2) is 4.77. The molecule has 0 unspecified atom stereocenters. The monoisotopic (exact) mass is 180 g/mol. The molecule has 0 saturated carbocycles. The van der Waals surface area contributed by atoms with Gasteiger partial charge in [-0.15, -0.1) is 0 Å². The largest absolute Gasteiger partial charge is 0.392 e. The van der Waals surface area contributed by atoms with Crippen LogP contribution >= 0.6 is 0 Å². The average Bonchev–Trinajstić information content (AvgIpc) is 2.17. The highest BCUT2D eigenvalue weighted by molar-refractivity contribution is 5.29. The van der Waals surface area contributed by atoms with Crippen LogP contribution < -0.4 is 0 Å². The van der Waals surface area contributed by atoms with Crippen LogP contribution in [0.4, 0.5) is 4.39 Å². The Labute approximate surface area is 77.5 Å². The van der Waals surface area contributed by atoms with Crippen LogP contribution in [0, 0.1) is 6.92 Å². The molecule has 13 heavy (non-hydrogen) atoms. The molecule has 0 aliphatic carbocycles. The summed E-state index contributed by atoms with van der Waals surface area (Å²) in [6, 6.07) is 7.77. The molecule has 0 amide bonds. The van der Waals surface area contributed by atoms with Crippen molar-refractivity contribution in [3.63, 3.8) is 0 Å². The molecule has 0 fully saturated rings. The van der Waals surface area contributed by atoms with Crippen LogP contribution in [0.15, 0.2) is 36.2 Å². The summed E-state index contributed by atoms with van der Waals surface area (Å²) in [7, 11) is 0. The Morgan fingerprint density at radius 2 is 2.15 bits per heavy atom. The van der Waals surface area contributed by atoms with E-state index in [1.165, 1.54) is 0 Å². The van der Waals surface area contributed by atoms with Gasteiger partial charge in [-0.2, -0.15) is 0 Å². The summed E-state index contributed by atoms with van der Waals surface area (Å²) >= 11 is 0. The second-order valence-electron chi connectivity index (χ2n) is 3.03. The molecule has 1 aromatic rings. The molecule has 0 radical (unpaired) electrons. The molecule has 0 spiro atoms. The number of aryl methyl sites for hydroxylation is 1. The van der Waals surface area contributed by atoms with Crippen molar-refractivity contribution in [3.8, 4) is 0 Å². The van der Waals surface area contributed by atoms with Crippen LogP contribution in [0.3, 0.4) is 0 Å². The summed E-state index contributed by atoms with van der Waals surface area (Å²) < 4.78 is 12.2. The third-order valence-electron chi connectivity index (χ3n) is 2.04. The fourth-order valence-electron chi connectivity index (χ4n) is 1.18. The number of rotatable bonds is 3. The maximum absolute atomic E-state index is 12.2. The van der Waals surface area contributed by atoms with Gasteiger partial charge in [0.15, 0.2) is 0 Å². The molecule has 0 bridgehead atoms. The zero-order valence-electron chi connectivity index (χ0n) is 7.63. The van der Waals surface area contributed by atoms with Gasteiger partial charge in [-0.05, 0) is 30.0 Å². The fourth-order valence-corrected chi connectivity index (χ4v) is 1.18. The highest BCUT2D eigenvalue weighted by Crippen LogP contribution is 2.12. The lowest BCUT2D eigenvalue weighted by molar-refractivity contribution is 0.325. The van der Waals surface area contributed by atoms with Crippen LogP contribution in [-0.4, -0.2) is 11.7 Å². The molecule has 0 saturated heterocycles. The first-order chi connectivity index (χ1) is 6.27. The van der Waals surface area contributed by atoms with E-state index in [2.05, 4.69) is 0 Å². The van der Waals surface area contributed by atoms with Gasteiger partial charge in [-0.3, -0.25) is 0 Å². The first-order valence-corrected chi connectivity index (χ1v) is 4.21. The Kier molecular flexibility index (Phi) is 3.65. The number of hydrogen-bond donors (Lipinski definition) is 1. The lowest BCUT2D eigenvalue weighted by atomic mass is 10.0. The lowest BCUT2D eigenvalue weighted by Gasteiger charge is -2.05. The van der Waals surface area contributed by atoms with Gasteiger partial charge in [0.05, 0.1) is 12.9 Å². The van der Waals surface area contributed by atoms with Crippen molar-refractivity contribution < 1.29 is 9.50 Å². The van der Waals surface area contributed by atoms with Gasteiger partial charge >= 0.3 is 0 Å². The molecule has 0 aromatic heterocycles. The second-order valence-corrected chi connectivity index (χ2v) is 3.03. The SMILES string of the molecule is Cc1ccccc1CC(=CF)CO. The maximum Gasteiger partial charge on any atom is 0.0885 e. The van der Waals surface area contributed by atoms with Crippen molar-refractivity contribution >= 4 is 0 Å². The van der Waals surface area contributed by atoms with Crippen LogP contribution in [0.25, 0.3) is 0 Å². The van der Waals surface area contributed by atoms with E-state index < -0.39 is 0 Å². The highest BCUT2D eigenvalue weighted by atomic mass is 19.1. The van der Waals surface area contributed by atoms with Crippen molar-refractivity contribution in [1.29, 1.82) is 0 Å². The standard InChI is InChI=1S/C11H13FO/c1-9-4-2-3-5-11(9)6-10(7-12)8-13/h2-5,7,13H,6,8H2,1H3. The molecule has 1 N–H and O–H groups in total. The quantitative estimate of drug-likeness (QED) is 0.757. The van der Waals surface area contributed by atoms with Crippen molar-refractivity contribution in [2.45, 2.75) is 13.3 Å². The molecule has 1 rings (SSSR count). The van der Waals surface area contributed by atoms with E-state index in [1.54, 1.807) is 0 Å². The van der Waals surface area contributed by atoms with E-state index in [4.69, 9.17) is 5.11 Å². The molecular weight excluding hydrogens is 167 g/mol. The Balaban J connectivity index is 2.80. The van der Waals surface area contributed by atoms with Crippen molar-refractivity contribution in [1.82, 2.24) is 0 Å². The van der Waals surface area contributed by atoms with Gasteiger partial charge in [0.25, 0.3) is 0 Å². The lowest BCUT2D eigenvalue weighted by Crippen LogP contribution is -1.96. The van der Waals surface area contributed by atoms with E-state index in [9.17, 15) is 4.39 Å². The zero-order valence-corrected chi connectivity index (χ0v) is 7.63. The summed E-state index contributed by atoms with van der Waals surface area (Å²) in [5, 5.41) is 8.77. The Morgan fingerprint density at radius 3 is 2.69 bits per heavy atom. The summed E-state index contributed by atoms with van der Waals surface area (Å²) in [5.41, 5.74) is 2.59. The van der Waals surface area contributed by atoms with E-state index in [1.807, 2.05) is 31.2 Å². The molecular formula is C11H13FO. The molecule has 2 heteroatoms. The topological polar surface area (TPSA) is 20.2 Å². The summed E-state index contributed by atoms with van der Waals surface area (Å²) in [4.78, 5) is 0. The third kappa shape index (κ3) is 2.67. The van der Waals surface area contributed by atoms with Gasteiger partial charge in [-0.25, -0.2) is 4.39 Å². The number of aliphatic hydroxyl groups is 1. The number of benzene rings is 1. The number of hydrogen-bond acceptors (Lipinski definition) is 1. The number of halogens is 1. The van der Waals surface area contributed by atoms with Gasteiger partial charge in [0.1, 0.15) is 0 Å². The van der Waals surface area contributed by atoms with Crippen molar-refractivity contribution in [2.75, 3.05) is 6.61 Å². The van der Waals surface area contributed by atoms with E-state index in [0.717, 1.165) is 11.1 Å². The summed E-state index contributed by atoms with van der Waals surface area (Å²) in [6.45, 7) is 1.76. The Morgan fingerprint density at radius 1 is 1.46 bits per heavy atom. The highest BCUT2D eigenvalue weighted by Gasteiger charge is 2.00. The Hall–Kier alpha value is -1.15. The Bertz CT molecular complexity index is 305. The van der Waals surface area contributed by atoms with Gasteiger partial charge in [-0.1, -0.05) is 24.3 Å². The van der Waals surface area contributed by atoms with E-state index in [-0.39, 0.29) is 6.61 Å². The van der Waals surface area contributed by atoms with Crippen molar-refractivity contribution in [3.05, 3.63) is 47.3 Å². The summed E-state index contributed by atoms with van der Waals surface area (Å²) in [5.74, 6) is 0. The van der Waals surface area contributed by atoms with Crippen LogP contribution in [0.5, 0.6) is 0 Å². The molecule has 0 atom stereocenters. The van der Waals surface area contributed by atoms with Gasteiger partial charge < -0.3 is 5.11 Å². The first-order valence-electron chi connectivity index (χ1n) is 4.21. The van der Waals surface area contributed by atoms with Crippen LogP contribution in [-0.2, 0) is 6.42 Å². The molecule has 0 aliphatic rings. The van der Waals surface area contributed by atoms with Crippen LogP contribution in [0.2, 0.25) is 0 Å². The molecule has 1 aromatic carbocycles. The first kappa shape index (κ1) is 9.93. The molecule has 70 valence electrons. The fraction of sp³-hybridized carbons (Fsp3) is 0.273. The van der Waals surface area contributed by atoms with Crippen LogP contribution in [0.1, 0.15) is 11.1 Å². The minimum atomic E-state index is -0.217. The van der Waals surface area contributed by atoms with Gasteiger partial charge in [0, 0.05) is 0 Å². The molecule has 1 nitrogen and oxygen atoms in total. The molecule has 0 aliphatic heterocycles. The minimum absolute atomic E-state index is 0.217. The van der Waals surface area contributed by atoms with Gasteiger partial charge in [0.2, 0.25) is 0 Å². The molecule has 0 heterocycles. The predicted molar refractivity (Wildman–Crippen MR) is 51.2 cm³/mol. The zero-order chi connectivity index (χ0) is 9.68. The summed E-state index contributed by atoms with van der Waals surface area (Å²) in [6.07, 6.45) is 0.964. The van der Waals surface area contributed by atoms with E-state index >= 15 is 0 Å². The third-order valence-corrected chi connectivity index (χ3v) is 2.04.